The second-order valence-corrected chi connectivity index (χ2v) is 3.47. The number of amidine groups is 1. The topological polar surface area (TPSA) is 118 Å². The Bertz CT molecular complexity index is 512. The zero-order valence-electron chi connectivity index (χ0n) is 8.12. The van der Waals surface area contributed by atoms with E-state index in [-0.39, 0.29) is 5.84 Å². The quantitative estimate of drug-likeness (QED) is 0.275. The van der Waals surface area contributed by atoms with Gasteiger partial charge in [-0.15, -0.1) is 0 Å². The van der Waals surface area contributed by atoms with Crippen LogP contribution in [0.25, 0.3) is 10.9 Å². The fourth-order valence-electron chi connectivity index (χ4n) is 1.50. The van der Waals surface area contributed by atoms with E-state index in [0.29, 0.717) is 5.56 Å². The smallest absolute Gasteiger partial charge is 0.122 e. The van der Waals surface area contributed by atoms with Crippen LogP contribution >= 0.6 is 0 Å². The molecule has 8 N–H and O–H groups in total. The molecule has 0 saturated carbocycles. The third-order valence-corrected chi connectivity index (χ3v) is 2.31. The lowest BCUT2D eigenvalue weighted by Crippen LogP contribution is -2.20. The molecule has 2 aromatic rings. The monoisotopic (exact) mass is 203 g/mol. The SMILES string of the molecule is N=C(N)c1ccc2cc(C(N)N)[nH]c2c1. The Labute approximate surface area is 86.8 Å². The van der Waals surface area contributed by atoms with Crippen LogP contribution in [0.5, 0.6) is 0 Å². The Morgan fingerprint density at radius 1 is 1.27 bits per heavy atom. The van der Waals surface area contributed by atoms with E-state index in [0.717, 1.165) is 16.6 Å². The molecule has 1 aromatic heterocycles. The molecular formula is C10H13N5. The van der Waals surface area contributed by atoms with E-state index in [1.165, 1.54) is 0 Å². The highest BCUT2D eigenvalue weighted by atomic mass is 14.9. The molecule has 0 fully saturated rings. The largest absolute Gasteiger partial charge is 0.384 e. The van der Waals surface area contributed by atoms with Gasteiger partial charge >= 0.3 is 0 Å². The van der Waals surface area contributed by atoms with Gasteiger partial charge in [0.15, 0.2) is 0 Å². The fraction of sp³-hybridized carbons (Fsp3) is 0.100. The number of hydrogen-bond acceptors (Lipinski definition) is 3. The molecule has 0 aliphatic carbocycles. The van der Waals surface area contributed by atoms with E-state index in [4.69, 9.17) is 22.6 Å². The van der Waals surface area contributed by atoms with Crippen molar-refractivity contribution in [1.29, 1.82) is 5.41 Å². The van der Waals surface area contributed by atoms with Crippen LogP contribution in [0, 0.1) is 5.41 Å². The summed E-state index contributed by atoms with van der Waals surface area (Å²) in [5.74, 6) is 0.0464. The zero-order chi connectivity index (χ0) is 11.0. The highest BCUT2D eigenvalue weighted by Gasteiger charge is 2.06. The fourth-order valence-corrected chi connectivity index (χ4v) is 1.50. The van der Waals surface area contributed by atoms with Crippen LogP contribution in [0.3, 0.4) is 0 Å². The number of nitrogens with two attached hydrogens (primary N) is 3. The van der Waals surface area contributed by atoms with E-state index >= 15 is 0 Å². The molecule has 0 bridgehead atoms. The average molecular weight is 203 g/mol. The number of H-pyrrole nitrogens is 1. The number of nitrogen functional groups attached to an aromatic ring is 1. The first-order valence-corrected chi connectivity index (χ1v) is 4.56. The number of benzene rings is 1. The normalized spacial score (nSPS) is 11.1. The van der Waals surface area contributed by atoms with Crippen LogP contribution in [0.15, 0.2) is 24.3 Å². The Morgan fingerprint density at radius 3 is 2.60 bits per heavy atom. The lowest BCUT2D eigenvalue weighted by Gasteiger charge is -1.99. The summed E-state index contributed by atoms with van der Waals surface area (Å²) in [6.07, 6.45) is -0.516. The van der Waals surface area contributed by atoms with Gasteiger partial charge in [-0.25, -0.2) is 0 Å². The molecule has 0 spiro atoms. The minimum atomic E-state index is -0.516. The predicted octanol–water partition coefficient (Wildman–Crippen LogP) is 0.368. The molecule has 0 saturated heterocycles. The predicted molar refractivity (Wildman–Crippen MR) is 60.4 cm³/mol. The summed E-state index contributed by atoms with van der Waals surface area (Å²) in [7, 11) is 0. The third kappa shape index (κ3) is 1.70. The molecule has 1 heterocycles. The van der Waals surface area contributed by atoms with Gasteiger partial charge in [-0.1, -0.05) is 12.1 Å². The summed E-state index contributed by atoms with van der Waals surface area (Å²) in [6, 6.07) is 7.38. The van der Waals surface area contributed by atoms with E-state index in [1.807, 2.05) is 18.2 Å². The summed E-state index contributed by atoms with van der Waals surface area (Å²) in [5, 5.41) is 8.33. The molecular weight excluding hydrogens is 190 g/mol. The average Bonchev–Trinajstić information content (AvgIpc) is 2.59. The number of nitrogens with one attached hydrogen (secondary N) is 2. The van der Waals surface area contributed by atoms with Crippen molar-refractivity contribution in [3.05, 3.63) is 35.5 Å². The first-order valence-electron chi connectivity index (χ1n) is 4.56. The van der Waals surface area contributed by atoms with Crippen LogP contribution in [-0.2, 0) is 0 Å². The first kappa shape index (κ1) is 9.70. The van der Waals surface area contributed by atoms with Gasteiger partial charge in [0, 0.05) is 16.8 Å². The molecule has 0 unspecified atom stereocenters. The molecule has 5 heteroatoms. The van der Waals surface area contributed by atoms with Crippen LogP contribution in [-0.4, -0.2) is 10.8 Å². The molecule has 1 aromatic carbocycles. The maximum atomic E-state index is 7.32. The van der Waals surface area contributed by atoms with Crippen molar-refractivity contribution >= 4 is 16.7 Å². The summed E-state index contributed by atoms with van der Waals surface area (Å²) < 4.78 is 0. The number of fused-ring (bicyclic) bond motifs is 1. The van der Waals surface area contributed by atoms with Gasteiger partial charge < -0.3 is 22.2 Å². The molecule has 5 nitrogen and oxygen atoms in total. The van der Waals surface area contributed by atoms with Gasteiger partial charge in [0.2, 0.25) is 0 Å². The van der Waals surface area contributed by atoms with Gasteiger partial charge in [-0.3, -0.25) is 5.41 Å². The van der Waals surface area contributed by atoms with Gasteiger partial charge in [0.1, 0.15) is 5.84 Å². The van der Waals surface area contributed by atoms with Crippen LogP contribution in [0.1, 0.15) is 17.4 Å². The number of aromatic nitrogens is 1. The van der Waals surface area contributed by atoms with Gasteiger partial charge in [0.05, 0.1) is 6.17 Å². The minimum absolute atomic E-state index is 0.0464. The Morgan fingerprint density at radius 2 is 2.00 bits per heavy atom. The minimum Gasteiger partial charge on any atom is -0.384 e. The highest BCUT2D eigenvalue weighted by molar-refractivity contribution is 5.98. The molecule has 15 heavy (non-hydrogen) atoms. The second kappa shape index (κ2) is 3.38. The standard InChI is InChI=1S/C10H13N5/c11-9(12)6-2-1-5-3-8(10(13)14)15-7(5)4-6/h1-4,10,15H,13-14H2,(H3,11,12). The molecule has 0 atom stereocenters. The Kier molecular flexibility index (Phi) is 2.18. The Balaban J connectivity index is 2.57. The maximum Gasteiger partial charge on any atom is 0.122 e. The van der Waals surface area contributed by atoms with Crippen LogP contribution in [0.4, 0.5) is 0 Å². The van der Waals surface area contributed by atoms with Gasteiger partial charge in [0.25, 0.3) is 0 Å². The Hall–Kier alpha value is -1.85. The third-order valence-electron chi connectivity index (χ3n) is 2.31. The lowest BCUT2D eigenvalue weighted by atomic mass is 10.1. The van der Waals surface area contributed by atoms with Crippen LogP contribution < -0.4 is 17.2 Å². The highest BCUT2D eigenvalue weighted by Crippen LogP contribution is 2.18. The molecule has 0 aliphatic rings. The van der Waals surface area contributed by atoms with Crippen molar-refractivity contribution in [2.24, 2.45) is 17.2 Å². The summed E-state index contributed by atoms with van der Waals surface area (Å²) in [5.41, 5.74) is 18.8. The summed E-state index contributed by atoms with van der Waals surface area (Å²) in [6.45, 7) is 0. The van der Waals surface area contributed by atoms with Crippen molar-refractivity contribution in [2.75, 3.05) is 0 Å². The lowest BCUT2D eigenvalue weighted by molar-refractivity contribution is 0.751. The molecule has 0 aliphatic heterocycles. The van der Waals surface area contributed by atoms with Crippen molar-refractivity contribution in [2.45, 2.75) is 6.17 Å². The first-order chi connectivity index (χ1) is 7.08. The van der Waals surface area contributed by atoms with E-state index in [9.17, 15) is 0 Å². The second-order valence-electron chi connectivity index (χ2n) is 3.47. The van der Waals surface area contributed by atoms with E-state index in [1.54, 1.807) is 6.07 Å². The maximum absolute atomic E-state index is 7.32. The number of hydrogen-bond donors (Lipinski definition) is 5. The zero-order valence-corrected chi connectivity index (χ0v) is 8.12. The van der Waals surface area contributed by atoms with Gasteiger partial charge in [-0.05, 0) is 17.5 Å². The number of rotatable bonds is 2. The van der Waals surface area contributed by atoms with E-state index < -0.39 is 6.17 Å². The van der Waals surface area contributed by atoms with Gasteiger partial charge in [-0.2, -0.15) is 0 Å². The molecule has 78 valence electrons. The summed E-state index contributed by atoms with van der Waals surface area (Å²) >= 11 is 0. The molecule has 0 amide bonds. The van der Waals surface area contributed by atoms with E-state index in [2.05, 4.69) is 4.98 Å². The van der Waals surface area contributed by atoms with Crippen molar-refractivity contribution < 1.29 is 0 Å². The van der Waals surface area contributed by atoms with Crippen molar-refractivity contribution in [3.63, 3.8) is 0 Å². The number of aromatic amines is 1. The molecule has 0 radical (unpaired) electrons. The molecule has 2 rings (SSSR count). The summed E-state index contributed by atoms with van der Waals surface area (Å²) in [4.78, 5) is 3.09. The van der Waals surface area contributed by atoms with Crippen LogP contribution in [0.2, 0.25) is 0 Å². The van der Waals surface area contributed by atoms with Crippen molar-refractivity contribution in [1.82, 2.24) is 4.98 Å². The van der Waals surface area contributed by atoms with Crippen molar-refractivity contribution in [3.8, 4) is 0 Å².